The molecule has 0 saturated carbocycles. The lowest BCUT2D eigenvalue weighted by Gasteiger charge is -2.44. The summed E-state index contributed by atoms with van der Waals surface area (Å²) in [5.41, 5.74) is 1.57. The van der Waals surface area contributed by atoms with Crippen molar-refractivity contribution in [2.45, 2.75) is 44.2 Å². The Bertz CT molecular complexity index is 1000. The topological polar surface area (TPSA) is 26.3 Å². The molecule has 0 unspecified atom stereocenters. The molecule has 0 heterocycles. The van der Waals surface area contributed by atoms with Crippen molar-refractivity contribution in [2.75, 3.05) is 7.11 Å². The molecule has 0 aliphatic heterocycles. The Morgan fingerprint density at radius 3 is 1.53 bits per heavy atom. The quantitative estimate of drug-likeness (QED) is 0.317. The maximum absolute atomic E-state index is 13.5. The maximum atomic E-state index is 13.5. The first-order valence-electron chi connectivity index (χ1n) is 11.4. The van der Waals surface area contributed by atoms with Crippen LogP contribution >= 0.6 is 0 Å². The second kappa shape index (κ2) is 10.0. The molecule has 4 heteroatoms. The van der Waals surface area contributed by atoms with E-state index < -0.39 is 16.1 Å². The summed E-state index contributed by atoms with van der Waals surface area (Å²) in [5, 5.41) is 2.75. The lowest BCUT2D eigenvalue weighted by atomic mass is 9.95. The van der Waals surface area contributed by atoms with E-state index in [9.17, 15) is 4.79 Å². The maximum Gasteiger partial charge on any atom is 0.308 e. The second-order valence-corrected chi connectivity index (χ2v) is 19.5. The number of hydrogen-bond donors (Lipinski definition) is 0. The number of methoxy groups -OCH3 is 1. The molecule has 0 radical (unpaired) electrons. The number of hydrogen-bond acceptors (Lipinski definition) is 2. The molecule has 3 rings (SSSR count). The van der Waals surface area contributed by atoms with Crippen LogP contribution in [0.25, 0.3) is 0 Å². The summed E-state index contributed by atoms with van der Waals surface area (Å²) in [6, 6.07) is 32.2. The van der Waals surface area contributed by atoms with Gasteiger partial charge in [0.2, 0.25) is 0 Å². The van der Waals surface area contributed by atoms with Gasteiger partial charge in [-0.3, -0.25) is 4.79 Å². The van der Waals surface area contributed by atoms with E-state index in [-0.39, 0.29) is 23.0 Å². The van der Waals surface area contributed by atoms with Crippen LogP contribution in [0.4, 0.5) is 0 Å². The van der Waals surface area contributed by atoms with E-state index in [4.69, 9.17) is 4.74 Å². The van der Waals surface area contributed by atoms with Crippen LogP contribution in [0.3, 0.4) is 0 Å². The number of ether oxygens (including phenoxy) is 1. The van der Waals surface area contributed by atoms with E-state index in [1.165, 1.54) is 23.0 Å². The molecule has 0 spiro atoms. The fourth-order valence-electron chi connectivity index (χ4n) is 5.13. The third kappa shape index (κ3) is 4.81. The van der Waals surface area contributed by atoms with Gasteiger partial charge in [-0.15, -0.1) is 0 Å². The molecule has 0 aromatic heterocycles. The number of carbonyl (C=O) groups excluding carboxylic acids is 1. The average Bonchev–Trinajstić information content (AvgIpc) is 2.83. The van der Waals surface area contributed by atoms with Crippen molar-refractivity contribution in [3.63, 3.8) is 0 Å². The Morgan fingerprint density at radius 1 is 0.688 bits per heavy atom. The molecule has 0 aliphatic rings. The second-order valence-electron chi connectivity index (χ2n) is 9.90. The highest BCUT2D eigenvalue weighted by molar-refractivity contribution is 6.92. The largest absolute Gasteiger partial charge is 0.469 e. The van der Waals surface area contributed by atoms with Crippen LogP contribution in [0.1, 0.15) is 18.0 Å². The predicted molar refractivity (Wildman–Crippen MR) is 141 cm³/mol. The summed E-state index contributed by atoms with van der Waals surface area (Å²) >= 11 is 0. The van der Waals surface area contributed by atoms with Crippen molar-refractivity contribution in [1.29, 1.82) is 0 Å². The van der Waals surface area contributed by atoms with E-state index >= 15 is 0 Å². The van der Waals surface area contributed by atoms with Crippen LogP contribution in [-0.2, 0) is 9.53 Å². The zero-order valence-corrected chi connectivity index (χ0v) is 22.2. The summed E-state index contributed by atoms with van der Waals surface area (Å²) in [7, 11) is -2.55. The van der Waals surface area contributed by atoms with E-state index in [2.05, 4.69) is 124 Å². The average molecular weight is 461 g/mol. The van der Waals surface area contributed by atoms with Crippen LogP contribution in [0.15, 0.2) is 91.0 Å². The fourth-order valence-corrected chi connectivity index (χ4v) is 11.9. The zero-order valence-electron chi connectivity index (χ0n) is 20.2. The number of rotatable bonds is 8. The molecule has 0 fully saturated rings. The number of carbonyl (C=O) groups is 1. The molecule has 0 saturated heterocycles. The van der Waals surface area contributed by atoms with Gasteiger partial charge in [0.25, 0.3) is 0 Å². The lowest BCUT2D eigenvalue weighted by molar-refractivity contribution is -0.145. The van der Waals surface area contributed by atoms with Crippen LogP contribution in [-0.4, -0.2) is 29.2 Å². The molecule has 2 nitrogen and oxygen atoms in total. The molecule has 3 atom stereocenters. The van der Waals surface area contributed by atoms with Crippen LogP contribution in [0.5, 0.6) is 0 Å². The molecule has 0 amide bonds. The van der Waals surface area contributed by atoms with Gasteiger partial charge in [0.05, 0.1) is 29.2 Å². The molecular weight excluding hydrogens is 424 g/mol. The van der Waals surface area contributed by atoms with Crippen molar-refractivity contribution in [3.05, 3.63) is 96.6 Å². The van der Waals surface area contributed by atoms with Crippen molar-refractivity contribution in [1.82, 2.24) is 0 Å². The van der Waals surface area contributed by atoms with E-state index in [1.54, 1.807) is 0 Å². The van der Waals surface area contributed by atoms with E-state index in [0.29, 0.717) is 0 Å². The van der Waals surface area contributed by atoms with Crippen LogP contribution < -0.4 is 10.4 Å². The summed E-state index contributed by atoms with van der Waals surface area (Å²) in [6.45, 7) is 11.9. The molecule has 0 aliphatic carbocycles. The highest BCUT2D eigenvalue weighted by Crippen LogP contribution is 2.44. The lowest BCUT2D eigenvalue weighted by Crippen LogP contribution is -2.56. The van der Waals surface area contributed by atoms with Gasteiger partial charge in [0, 0.05) is 0 Å². The van der Waals surface area contributed by atoms with Gasteiger partial charge in [0.1, 0.15) is 0 Å². The Kier molecular flexibility index (Phi) is 7.57. The van der Waals surface area contributed by atoms with Gasteiger partial charge in [-0.2, -0.15) is 0 Å². The summed E-state index contributed by atoms with van der Waals surface area (Å²) in [6.07, 6.45) is 0. The predicted octanol–water partition coefficient (Wildman–Crippen LogP) is 5.72. The van der Waals surface area contributed by atoms with Crippen molar-refractivity contribution in [3.8, 4) is 0 Å². The Balaban J connectivity index is 2.19. The minimum atomic E-state index is -2.11. The van der Waals surface area contributed by atoms with Crippen molar-refractivity contribution in [2.24, 2.45) is 5.92 Å². The molecule has 0 N–H and O–H groups in total. The first kappa shape index (κ1) is 24.2. The van der Waals surface area contributed by atoms with Gasteiger partial charge >= 0.3 is 5.97 Å². The van der Waals surface area contributed by atoms with Gasteiger partial charge in [-0.05, 0) is 16.6 Å². The molecule has 168 valence electrons. The van der Waals surface area contributed by atoms with Crippen molar-refractivity contribution >= 4 is 32.5 Å². The Labute approximate surface area is 195 Å². The molecule has 32 heavy (non-hydrogen) atoms. The van der Waals surface area contributed by atoms with Gasteiger partial charge in [-0.1, -0.05) is 134 Å². The Morgan fingerprint density at radius 2 is 1.09 bits per heavy atom. The minimum absolute atomic E-state index is 0.0839. The smallest absolute Gasteiger partial charge is 0.308 e. The van der Waals surface area contributed by atoms with E-state index in [1.807, 2.05) is 0 Å². The zero-order chi connectivity index (χ0) is 23.4. The Hall–Kier alpha value is -2.44. The standard InChI is InChI=1S/C28H36O2Si2/c1-22(31(3,4)24-18-12-8-13-19-24)26(28(29)30-2)27(23-16-10-7-11-17-23)32(5,6)25-20-14-9-15-21-25/h7-22,26-27H,1-6H3/t22-,26+,27+/m1/s1. The normalized spacial score (nSPS) is 14.9. The summed E-state index contributed by atoms with van der Waals surface area (Å²) in [5.74, 6) is -0.287. The molecule has 3 aromatic carbocycles. The first-order chi connectivity index (χ1) is 15.2. The van der Waals surface area contributed by atoms with Gasteiger partial charge < -0.3 is 4.74 Å². The monoisotopic (exact) mass is 460 g/mol. The molecule has 0 bridgehead atoms. The van der Waals surface area contributed by atoms with Crippen LogP contribution in [0.2, 0.25) is 31.7 Å². The van der Waals surface area contributed by atoms with E-state index in [0.717, 1.165) is 0 Å². The summed E-state index contributed by atoms with van der Waals surface area (Å²) < 4.78 is 5.50. The number of esters is 1. The van der Waals surface area contributed by atoms with Gasteiger partial charge in [-0.25, -0.2) is 0 Å². The molecular formula is C28H36O2Si2. The van der Waals surface area contributed by atoms with Gasteiger partial charge in [0.15, 0.2) is 0 Å². The van der Waals surface area contributed by atoms with Crippen molar-refractivity contribution < 1.29 is 9.53 Å². The fraction of sp³-hybridized carbons (Fsp3) is 0.321. The third-order valence-electron chi connectivity index (χ3n) is 7.48. The van der Waals surface area contributed by atoms with Crippen LogP contribution in [0, 0.1) is 5.92 Å². The minimum Gasteiger partial charge on any atom is -0.469 e. The third-order valence-corrected chi connectivity index (χ3v) is 16.0. The number of benzene rings is 3. The SMILES string of the molecule is COC(=O)[C@@H]([C@@H](C)[Si](C)(C)c1ccccc1)[C@H](c1ccccc1)[Si](C)(C)c1ccccc1. The first-order valence-corrected chi connectivity index (χ1v) is 17.6. The molecule has 3 aromatic rings. The summed E-state index contributed by atoms with van der Waals surface area (Å²) in [4.78, 5) is 13.5. The highest BCUT2D eigenvalue weighted by Gasteiger charge is 2.49. The highest BCUT2D eigenvalue weighted by atomic mass is 28.3.